The van der Waals surface area contributed by atoms with Gasteiger partial charge in [0.2, 0.25) is 0 Å². The Morgan fingerprint density at radius 1 is 1.57 bits per heavy atom. The van der Waals surface area contributed by atoms with Crippen LogP contribution >= 0.6 is 11.3 Å². The van der Waals surface area contributed by atoms with Crippen molar-refractivity contribution in [3.05, 3.63) is 16.1 Å². The van der Waals surface area contributed by atoms with Gasteiger partial charge in [-0.3, -0.25) is 0 Å². The molecule has 14 heavy (non-hydrogen) atoms. The molecule has 0 aromatic carbocycles. The maximum absolute atomic E-state index is 5.15. The fraction of sp³-hybridized carbons (Fsp3) is 0.700. The molecule has 0 aliphatic heterocycles. The van der Waals surface area contributed by atoms with Crippen LogP contribution in [-0.2, 0) is 10.3 Å². The number of nitrogens with two attached hydrogens (primary N) is 1. The molecular weight excluding hydrogens is 196 g/mol. The van der Waals surface area contributed by atoms with Crippen LogP contribution in [0.2, 0.25) is 0 Å². The van der Waals surface area contributed by atoms with Crippen LogP contribution in [0.15, 0.2) is 5.38 Å². The SMILES string of the molecule is NOCC1(c2csc(C3CC3)n2)CC1. The first-order valence-electron chi connectivity index (χ1n) is 5.12. The number of hydrogen-bond acceptors (Lipinski definition) is 4. The van der Waals surface area contributed by atoms with E-state index in [1.54, 1.807) is 11.3 Å². The van der Waals surface area contributed by atoms with Crippen molar-refractivity contribution in [2.75, 3.05) is 6.61 Å². The van der Waals surface area contributed by atoms with E-state index in [-0.39, 0.29) is 5.41 Å². The van der Waals surface area contributed by atoms with Gasteiger partial charge in [-0.15, -0.1) is 11.3 Å². The van der Waals surface area contributed by atoms with Gasteiger partial charge in [-0.2, -0.15) is 0 Å². The second-order valence-corrected chi connectivity index (χ2v) is 5.33. The molecule has 2 saturated carbocycles. The van der Waals surface area contributed by atoms with Crippen molar-refractivity contribution in [3.63, 3.8) is 0 Å². The molecule has 0 unspecified atom stereocenters. The standard InChI is InChI=1S/C10H14N2OS/c11-13-6-10(3-4-10)8-5-14-9(12-8)7-1-2-7/h5,7H,1-4,6,11H2. The third-order valence-electron chi connectivity index (χ3n) is 3.21. The summed E-state index contributed by atoms with van der Waals surface area (Å²) in [5.41, 5.74) is 1.40. The van der Waals surface area contributed by atoms with Crippen LogP contribution in [0.1, 0.15) is 42.3 Å². The van der Waals surface area contributed by atoms with E-state index in [1.807, 2.05) is 0 Å². The van der Waals surface area contributed by atoms with Crippen LogP contribution in [0.3, 0.4) is 0 Å². The highest BCUT2D eigenvalue weighted by Crippen LogP contribution is 2.50. The quantitative estimate of drug-likeness (QED) is 0.773. The molecule has 2 aliphatic carbocycles. The highest BCUT2D eigenvalue weighted by molar-refractivity contribution is 7.09. The van der Waals surface area contributed by atoms with Crippen molar-refractivity contribution in [2.45, 2.75) is 37.0 Å². The van der Waals surface area contributed by atoms with Gasteiger partial charge in [0, 0.05) is 16.7 Å². The van der Waals surface area contributed by atoms with E-state index in [1.165, 1.54) is 36.4 Å². The molecule has 4 heteroatoms. The van der Waals surface area contributed by atoms with E-state index in [4.69, 9.17) is 15.7 Å². The first-order valence-corrected chi connectivity index (χ1v) is 6.00. The van der Waals surface area contributed by atoms with E-state index in [2.05, 4.69) is 5.38 Å². The van der Waals surface area contributed by atoms with Crippen LogP contribution in [0.4, 0.5) is 0 Å². The zero-order valence-electron chi connectivity index (χ0n) is 8.03. The van der Waals surface area contributed by atoms with Gasteiger partial charge in [0.05, 0.1) is 17.3 Å². The van der Waals surface area contributed by atoms with Crippen molar-refractivity contribution in [2.24, 2.45) is 5.90 Å². The Morgan fingerprint density at radius 3 is 2.93 bits per heavy atom. The second-order valence-electron chi connectivity index (χ2n) is 4.44. The molecule has 2 aliphatic rings. The van der Waals surface area contributed by atoms with Crippen molar-refractivity contribution >= 4 is 11.3 Å². The molecule has 0 radical (unpaired) electrons. The van der Waals surface area contributed by atoms with Crippen LogP contribution in [0.5, 0.6) is 0 Å². The molecule has 1 aromatic rings. The first kappa shape index (κ1) is 8.83. The van der Waals surface area contributed by atoms with Crippen molar-refractivity contribution in [1.29, 1.82) is 0 Å². The molecule has 2 fully saturated rings. The Hall–Kier alpha value is -0.450. The largest absolute Gasteiger partial charge is 0.304 e. The molecule has 0 spiro atoms. The molecule has 0 atom stereocenters. The number of thiazole rings is 1. The van der Waals surface area contributed by atoms with E-state index in [0.29, 0.717) is 6.61 Å². The molecule has 76 valence electrons. The lowest BCUT2D eigenvalue weighted by atomic mass is 10.1. The van der Waals surface area contributed by atoms with Crippen molar-refractivity contribution in [3.8, 4) is 0 Å². The number of nitrogens with zero attached hydrogens (tertiary/aromatic N) is 1. The third-order valence-corrected chi connectivity index (χ3v) is 4.21. The molecule has 1 heterocycles. The molecule has 3 rings (SSSR count). The minimum absolute atomic E-state index is 0.179. The van der Waals surface area contributed by atoms with Gasteiger partial charge in [-0.25, -0.2) is 10.9 Å². The lowest BCUT2D eigenvalue weighted by Crippen LogP contribution is -2.18. The Bertz CT molecular complexity index is 342. The average Bonchev–Trinajstić information content (AvgIpc) is 3.10. The number of rotatable bonds is 4. The third kappa shape index (κ3) is 1.38. The predicted octanol–water partition coefficient (Wildman–Crippen LogP) is 1.94. The summed E-state index contributed by atoms with van der Waals surface area (Å²) in [7, 11) is 0. The average molecular weight is 210 g/mol. The zero-order valence-corrected chi connectivity index (χ0v) is 8.85. The normalized spacial score (nSPS) is 23.8. The van der Waals surface area contributed by atoms with E-state index in [9.17, 15) is 0 Å². The molecule has 0 amide bonds. The Kier molecular flexibility index (Phi) is 1.90. The Morgan fingerprint density at radius 2 is 2.36 bits per heavy atom. The van der Waals surface area contributed by atoms with E-state index < -0.39 is 0 Å². The van der Waals surface area contributed by atoms with Crippen LogP contribution in [0.25, 0.3) is 0 Å². The van der Waals surface area contributed by atoms with Crippen molar-refractivity contribution in [1.82, 2.24) is 4.98 Å². The van der Waals surface area contributed by atoms with Gasteiger partial charge >= 0.3 is 0 Å². The summed E-state index contributed by atoms with van der Waals surface area (Å²) in [5, 5.41) is 3.52. The molecule has 1 aromatic heterocycles. The summed E-state index contributed by atoms with van der Waals surface area (Å²) in [6, 6.07) is 0. The lowest BCUT2D eigenvalue weighted by Gasteiger charge is -2.09. The topological polar surface area (TPSA) is 48.1 Å². The fourth-order valence-corrected chi connectivity index (χ4v) is 2.95. The van der Waals surface area contributed by atoms with Gasteiger partial charge < -0.3 is 4.84 Å². The van der Waals surface area contributed by atoms with Crippen molar-refractivity contribution < 1.29 is 4.84 Å². The summed E-state index contributed by atoms with van der Waals surface area (Å²) in [6.07, 6.45) is 5.01. The van der Waals surface area contributed by atoms with Gasteiger partial charge in [0.25, 0.3) is 0 Å². The summed E-state index contributed by atoms with van der Waals surface area (Å²) in [5.74, 6) is 5.91. The minimum atomic E-state index is 0.179. The Labute approximate surface area is 87.2 Å². The van der Waals surface area contributed by atoms with E-state index >= 15 is 0 Å². The number of hydrogen-bond donors (Lipinski definition) is 1. The second kappa shape index (κ2) is 3.02. The number of aromatic nitrogens is 1. The van der Waals surface area contributed by atoms with E-state index in [0.717, 1.165) is 5.92 Å². The predicted molar refractivity (Wildman–Crippen MR) is 55.1 cm³/mol. The minimum Gasteiger partial charge on any atom is -0.304 e. The summed E-state index contributed by atoms with van der Waals surface area (Å²) in [4.78, 5) is 9.48. The summed E-state index contributed by atoms with van der Waals surface area (Å²) < 4.78 is 0. The molecule has 2 N–H and O–H groups in total. The van der Waals surface area contributed by atoms with Gasteiger partial charge in [0.1, 0.15) is 0 Å². The molecule has 0 bridgehead atoms. The first-order chi connectivity index (χ1) is 6.84. The molecule has 3 nitrogen and oxygen atoms in total. The highest BCUT2D eigenvalue weighted by atomic mass is 32.1. The maximum Gasteiger partial charge on any atom is 0.0959 e. The van der Waals surface area contributed by atoms with Gasteiger partial charge in [-0.1, -0.05) is 0 Å². The monoisotopic (exact) mass is 210 g/mol. The van der Waals surface area contributed by atoms with Crippen LogP contribution in [0, 0.1) is 0 Å². The lowest BCUT2D eigenvalue weighted by molar-refractivity contribution is 0.115. The fourth-order valence-electron chi connectivity index (χ4n) is 1.83. The van der Waals surface area contributed by atoms with Gasteiger partial charge in [0.15, 0.2) is 0 Å². The van der Waals surface area contributed by atoms with Crippen LogP contribution < -0.4 is 5.90 Å². The molecule has 0 saturated heterocycles. The Balaban J connectivity index is 1.81. The highest BCUT2D eigenvalue weighted by Gasteiger charge is 2.47. The van der Waals surface area contributed by atoms with Crippen LogP contribution in [-0.4, -0.2) is 11.6 Å². The maximum atomic E-state index is 5.15. The zero-order chi connectivity index (χ0) is 9.60. The smallest absolute Gasteiger partial charge is 0.0959 e. The molecular formula is C10H14N2OS. The van der Waals surface area contributed by atoms with Gasteiger partial charge in [-0.05, 0) is 25.7 Å². The summed E-state index contributed by atoms with van der Waals surface area (Å²) >= 11 is 1.81. The summed E-state index contributed by atoms with van der Waals surface area (Å²) in [6.45, 7) is 0.626.